The van der Waals surface area contributed by atoms with Gasteiger partial charge in [0.1, 0.15) is 19.3 Å². The number of aliphatic hydroxyl groups excluding tert-OH is 1. The van der Waals surface area contributed by atoms with Crippen molar-refractivity contribution in [2.45, 2.75) is 329 Å². The fraction of sp³-hybridized carbons (Fsp3) is 0.613. The van der Waals surface area contributed by atoms with Crippen molar-refractivity contribution < 1.29 is 80.2 Å². The van der Waals surface area contributed by atoms with E-state index in [0.29, 0.717) is 32.1 Å². The molecule has 0 aromatic carbocycles. The van der Waals surface area contributed by atoms with Crippen LogP contribution in [0.25, 0.3) is 0 Å². The number of phosphoric acid groups is 2. The van der Waals surface area contributed by atoms with Crippen LogP contribution in [0.1, 0.15) is 310 Å². The first-order valence-corrected chi connectivity index (χ1v) is 45.7. The maximum Gasteiger partial charge on any atom is 0.472 e. The zero-order chi connectivity index (χ0) is 81.7. The molecular formula is C93H150O17P2. The Balaban J connectivity index is 5.48. The van der Waals surface area contributed by atoms with Gasteiger partial charge >= 0.3 is 39.5 Å². The van der Waals surface area contributed by atoms with Crippen LogP contribution in [0.5, 0.6) is 0 Å². The molecule has 0 aromatic rings. The zero-order valence-electron chi connectivity index (χ0n) is 69.5. The Kier molecular flexibility index (Phi) is 78.4. The van der Waals surface area contributed by atoms with Crippen molar-refractivity contribution in [1.82, 2.24) is 0 Å². The van der Waals surface area contributed by atoms with Crippen LogP contribution in [0.2, 0.25) is 0 Å². The fourth-order valence-corrected chi connectivity index (χ4v) is 12.3. The largest absolute Gasteiger partial charge is 0.472 e. The van der Waals surface area contributed by atoms with Crippen molar-refractivity contribution in [1.29, 1.82) is 0 Å². The third-order valence-corrected chi connectivity index (χ3v) is 18.9. The number of aliphatic hydroxyl groups is 1. The van der Waals surface area contributed by atoms with E-state index >= 15 is 0 Å². The van der Waals surface area contributed by atoms with Gasteiger partial charge in [-0.2, -0.15) is 0 Å². The smallest absolute Gasteiger partial charge is 0.462 e. The van der Waals surface area contributed by atoms with Crippen molar-refractivity contribution in [3.05, 3.63) is 194 Å². The molecule has 0 amide bonds. The van der Waals surface area contributed by atoms with Gasteiger partial charge in [-0.15, -0.1) is 0 Å². The molecule has 0 saturated heterocycles. The maximum atomic E-state index is 13.2. The Labute approximate surface area is 678 Å². The van der Waals surface area contributed by atoms with Crippen LogP contribution in [0.4, 0.5) is 0 Å². The van der Waals surface area contributed by atoms with E-state index in [-0.39, 0.29) is 25.7 Å². The summed E-state index contributed by atoms with van der Waals surface area (Å²) < 4.78 is 68.8. The normalized spacial score (nSPS) is 14.7. The molecule has 0 aliphatic carbocycles. The Morgan fingerprint density at radius 3 is 0.705 bits per heavy atom. The topological polar surface area (TPSA) is 237 Å². The molecule has 0 bridgehead atoms. The van der Waals surface area contributed by atoms with Gasteiger partial charge in [-0.25, -0.2) is 9.13 Å². The molecule has 19 heteroatoms. The third kappa shape index (κ3) is 81.9. The molecule has 0 aliphatic heterocycles. The quantitative estimate of drug-likeness (QED) is 0.0169. The van der Waals surface area contributed by atoms with Gasteiger partial charge in [0, 0.05) is 25.7 Å². The van der Waals surface area contributed by atoms with Crippen molar-refractivity contribution in [2.75, 3.05) is 39.6 Å². The zero-order valence-corrected chi connectivity index (χ0v) is 71.3. The highest BCUT2D eigenvalue weighted by molar-refractivity contribution is 7.47. The lowest BCUT2D eigenvalue weighted by molar-refractivity contribution is -0.161. The lowest BCUT2D eigenvalue weighted by Crippen LogP contribution is -2.30. The number of unbranched alkanes of at least 4 members (excludes halogenated alkanes) is 20. The molecule has 0 aromatic heterocycles. The molecule has 17 nitrogen and oxygen atoms in total. The number of hydrogen-bond acceptors (Lipinski definition) is 15. The minimum absolute atomic E-state index is 0.00570. The standard InChI is InChI=1S/C93H150O17P2/c1-5-9-13-17-21-25-29-33-37-41-43-47-49-53-57-61-65-69-73-77-90(95)103-83-88(109-92(97)79-75-71-67-63-59-55-51-45-39-35-31-27-23-19-15-11-7-3)85-107-111(99,100)105-81-87(94)82-106-112(101,102)108-86-89(110-93(98)80-76-72-68-64-60-56-52-46-40-36-32-28-24-20-16-12-8-4)84-104-91(96)78-74-70-66-62-58-54-50-48-44-42-38-34-30-26-22-18-14-10-6-2/h9-16,21-28,33-40,43-44,47-48,51,55,63,67,87-89,94H,5-8,17-20,29-32,41-42,45-46,49-50,52-54,56-62,64-66,68-86H2,1-4H3,(H,99,100)(H,101,102)/b13-9-,14-10-,15-11-,16-12-,25-21-,26-22-,27-23-,28-24-,37-33-,38-34-,39-35-,40-36-,47-43-,48-44-,55-51-,67-63-. The first-order chi connectivity index (χ1) is 54.7. The van der Waals surface area contributed by atoms with Gasteiger partial charge in [0.25, 0.3) is 0 Å². The monoisotopic (exact) mass is 1600 g/mol. The number of carbonyl (C=O) groups is 4. The van der Waals surface area contributed by atoms with E-state index in [9.17, 15) is 43.2 Å². The van der Waals surface area contributed by atoms with Crippen molar-refractivity contribution in [2.24, 2.45) is 0 Å². The van der Waals surface area contributed by atoms with E-state index in [1.54, 1.807) is 0 Å². The summed E-state index contributed by atoms with van der Waals surface area (Å²) in [6.07, 6.45) is 103. The number of phosphoric ester groups is 2. The number of hydrogen-bond donors (Lipinski definition) is 3. The number of rotatable bonds is 78. The summed E-state index contributed by atoms with van der Waals surface area (Å²) in [6.45, 7) is 4.32. The van der Waals surface area contributed by atoms with Gasteiger partial charge in [-0.3, -0.25) is 37.3 Å². The fourth-order valence-electron chi connectivity index (χ4n) is 10.7. The summed E-state index contributed by atoms with van der Waals surface area (Å²) in [5.74, 6) is -2.30. The van der Waals surface area contributed by atoms with Gasteiger partial charge in [-0.05, 0) is 173 Å². The summed E-state index contributed by atoms with van der Waals surface area (Å²) >= 11 is 0. The van der Waals surface area contributed by atoms with Crippen molar-refractivity contribution in [3.63, 3.8) is 0 Å². The van der Waals surface area contributed by atoms with Gasteiger partial charge in [0.05, 0.1) is 26.4 Å². The Morgan fingerprint density at radius 2 is 0.446 bits per heavy atom. The molecule has 634 valence electrons. The summed E-state index contributed by atoms with van der Waals surface area (Å²) in [6, 6.07) is 0. The van der Waals surface area contributed by atoms with Crippen LogP contribution in [-0.4, -0.2) is 96.7 Å². The SMILES string of the molecule is CC/C=C\C/C=C\C/C=C\C/C=C\C/C=C\CCCC(=O)OC(COC(=O)CCCCCCCC/C=C\C/C=C\C/C=C\C/C=C\CC)COP(=O)(O)OCC(O)COP(=O)(O)OCC(COC(=O)CCCCCCCC/C=C\C/C=C\C/C=C\C/C=C\CC)OC(=O)CCCCCCCCC/C=C\C/C=C\C/C=C\CC. The van der Waals surface area contributed by atoms with Crippen LogP contribution in [0.3, 0.4) is 0 Å². The molecule has 0 fully saturated rings. The number of esters is 4. The molecule has 0 heterocycles. The highest BCUT2D eigenvalue weighted by Gasteiger charge is 2.30. The third-order valence-electron chi connectivity index (χ3n) is 17.0. The minimum atomic E-state index is -5.01. The lowest BCUT2D eigenvalue weighted by Gasteiger charge is -2.21. The summed E-state index contributed by atoms with van der Waals surface area (Å²) in [5.41, 5.74) is 0. The number of allylic oxidation sites excluding steroid dienone is 32. The molecule has 0 saturated carbocycles. The Hall–Kier alpha value is -6.10. The van der Waals surface area contributed by atoms with Crippen LogP contribution in [-0.2, 0) is 65.4 Å². The second-order valence-electron chi connectivity index (χ2n) is 27.6. The molecule has 5 atom stereocenters. The summed E-state index contributed by atoms with van der Waals surface area (Å²) in [4.78, 5) is 73.3. The molecule has 3 N–H and O–H groups in total. The van der Waals surface area contributed by atoms with Crippen LogP contribution in [0, 0.1) is 0 Å². The van der Waals surface area contributed by atoms with Gasteiger partial charge < -0.3 is 33.8 Å². The van der Waals surface area contributed by atoms with Crippen LogP contribution < -0.4 is 0 Å². The van der Waals surface area contributed by atoms with Gasteiger partial charge in [0.15, 0.2) is 12.2 Å². The Morgan fingerprint density at radius 1 is 0.250 bits per heavy atom. The first-order valence-electron chi connectivity index (χ1n) is 42.7. The van der Waals surface area contributed by atoms with E-state index in [1.165, 1.54) is 0 Å². The summed E-state index contributed by atoms with van der Waals surface area (Å²) in [7, 11) is -10.0. The van der Waals surface area contributed by atoms with Crippen LogP contribution >= 0.6 is 15.6 Å². The molecule has 0 radical (unpaired) electrons. The average molecular weight is 1600 g/mol. The van der Waals surface area contributed by atoms with E-state index < -0.39 is 97.5 Å². The molecule has 0 rings (SSSR count). The Bertz CT molecular complexity index is 2890. The lowest BCUT2D eigenvalue weighted by atomic mass is 10.1. The van der Waals surface area contributed by atoms with Crippen LogP contribution in [0.15, 0.2) is 194 Å². The molecular weight excluding hydrogens is 1450 g/mol. The minimum Gasteiger partial charge on any atom is -0.462 e. The highest BCUT2D eigenvalue weighted by atomic mass is 31.2. The van der Waals surface area contributed by atoms with Gasteiger partial charge in [0.2, 0.25) is 0 Å². The predicted molar refractivity (Wildman–Crippen MR) is 463 cm³/mol. The summed E-state index contributed by atoms with van der Waals surface area (Å²) in [5, 5.41) is 10.7. The average Bonchev–Trinajstić information content (AvgIpc) is 0.897. The van der Waals surface area contributed by atoms with Crippen molar-refractivity contribution >= 4 is 39.5 Å². The molecule has 5 unspecified atom stereocenters. The molecule has 0 spiro atoms. The van der Waals surface area contributed by atoms with E-state index in [4.69, 9.17) is 37.0 Å². The second kappa shape index (κ2) is 82.9. The number of ether oxygens (including phenoxy) is 4. The van der Waals surface area contributed by atoms with E-state index in [2.05, 4.69) is 210 Å². The first kappa shape index (κ1) is 106. The highest BCUT2D eigenvalue weighted by Crippen LogP contribution is 2.45. The number of carbonyl (C=O) groups excluding carboxylic acids is 4. The van der Waals surface area contributed by atoms with E-state index in [1.807, 2.05) is 12.2 Å². The van der Waals surface area contributed by atoms with E-state index in [0.717, 1.165) is 225 Å². The molecule has 0 aliphatic rings. The molecule has 112 heavy (non-hydrogen) atoms. The van der Waals surface area contributed by atoms with Crippen molar-refractivity contribution in [3.8, 4) is 0 Å². The second-order valence-corrected chi connectivity index (χ2v) is 30.5. The van der Waals surface area contributed by atoms with Gasteiger partial charge in [-0.1, -0.05) is 306 Å². The predicted octanol–water partition coefficient (Wildman–Crippen LogP) is 25.7. The maximum absolute atomic E-state index is 13.2.